The number of rotatable bonds is 7. The maximum atomic E-state index is 12.5. The molecule has 0 saturated carbocycles. The van der Waals surface area contributed by atoms with Gasteiger partial charge in [0.05, 0.1) is 25.0 Å². The zero-order chi connectivity index (χ0) is 20.3. The first-order chi connectivity index (χ1) is 13.4. The number of carbonyl (C=O) groups excluding carboxylic acids is 2. The lowest BCUT2D eigenvalue weighted by Crippen LogP contribution is -2.14. The lowest BCUT2D eigenvalue weighted by Gasteiger charge is -2.05. The van der Waals surface area contributed by atoms with Crippen molar-refractivity contribution in [1.29, 1.82) is 0 Å². The number of benzene rings is 1. The predicted octanol–water partition coefficient (Wildman–Crippen LogP) is 4.75. The van der Waals surface area contributed by atoms with Crippen molar-refractivity contribution in [3.8, 4) is 0 Å². The monoisotopic (exact) mass is 400 g/mol. The van der Waals surface area contributed by atoms with Crippen LogP contribution in [0.1, 0.15) is 47.3 Å². The number of hydrogen-bond donors (Lipinski definition) is 1. The van der Waals surface area contributed by atoms with Crippen LogP contribution in [0.4, 0.5) is 5.13 Å². The molecular weight excluding hydrogens is 376 g/mol. The zero-order valence-corrected chi connectivity index (χ0v) is 17.3. The van der Waals surface area contributed by atoms with E-state index in [0.717, 1.165) is 34.3 Å². The molecule has 7 heteroatoms. The first kappa shape index (κ1) is 20.1. The quantitative estimate of drug-likeness (QED) is 0.579. The third-order valence-electron chi connectivity index (χ3n) is 4.25. The molecule has 2 heterocycles. The van der Waals surface area contributed by atoms with Crippen molar-refractivity contribution < 1.29 is 18.7 Å². The molecule has 6 nitrogen and oxygen atoms in total. The molecule has 0 fully saturated rings. The van der Waals surface area contributed by atoms with Gasteiger partial charge in [0.2, 0.25) is 5.91 Å². The standard InChI is InChI=1S/C21H24N2O4S/c1-5-14-6-7-17-16(8-14)15(11-26-17)9-18(24)23-21-22-13(4)19(28-21)20(25)27-10-12(2)3/h6-8,11-12H,5,9-10H2,1-4H3,(H,22,23,24). The predicted molar refractivity (Wildman–Crippen MR) is 110 cm³/mol. The van der Waals surface area contributed by atoms with E-state index in [0.29, 0.717) is 22.3 Å². The highest BCUT2D eigenvalue weighted by Crippen LogP contribution is 2.26. The van der Waals surface area contributed by atoms with Crippen LogP contribution in [0.5, 0.6) is 0 Å². The van der Waals surface area contributed by atoms with Crippen molar-refractivity contribution >= 4 is 39.3 Å². The third-order valence-corrected chi connectivity index (χ3v) is 5.31. The molecule has 1 aromatic carbocycles. The molecular formula is C21H24N2O4S. The van der Waals surface area contributed by atoms with Crippen molar-refractivity contribution in [1.82, 2.24) is 4.98 Å². The number of nitrogens with zero attached hydrogens (tertiary/aromatic N) is 1. The molecule has 1 N–H and O–H groups in total. The summed E-state index contributed by atoms with van der Waals surface area (Å²) >= 11 is 1.13. The van der Waals surface area contributed by atoms with E-state index >= 15 is 0 Å². The molecule has 3 aromatic rings. The van der Waals surface area contributed by atoms with Gasteiger partial charge in [-0.2, -0.15) is 0 Å². The van der Waals surface area contributed by atoms with Crippen molar-refractivity contribution in [2.45, 2.75) is 40.5 Å². The van der Waals surface area contributed by atoms with E-state index in [1.807, 2.05) is 26.0 Å². The van der Waals surface area contributed by atoms with Gasteiger partial charge < -0.3 is 14.5 Å². The van der Waals surface area contributed by atoms with Gasteiger partial charge in [0.25, 0.3) is 0 Å². The SMILES string of the molecule is CCc1ccc2occ(CC(=O)Nc3nc(C)c(C(=O)OCC(C)C)s3)c2c1. The summed E-state index contributed by atoms with van der Waals surface area (Å²) in [5.74, 6) is -0.355. The van der Waals surface area contributed by atoms with E-state index in [1.54, 1.807) is 13.2 Å². The van der Waals surface area contributed by atoms with Crippen LogP contribution in [0.2, 0.25) is 0 Å². The largest absolute Gasteiger partial charge is 0.464 e. The van der Waals surface area contributed by atoms with E-state index in [4.69, 9.17) is 9.15 Å². The number of thiazole rings is 1. The molecule has 0 aliphatic heterocycles. The number of fused-ring (bicyclic) bond motifs is 1. The van der Waals surface area contributed by atoms with Crippen LogP contribution >= 0.6 is 11.3 Å². The molecule has 3 rings (SSSR count). The zero-order valence-electron chi connectivity index (χ0n) is 16.5. The van der Waals surface area contributed by atoms with Crippen molar-refractivity contribution in [2.75, 3.05) is 11.9 Å². The molecule has 0 saturated heterocycles. The van der Waals surface area contributed by atoms with E-state index in [1.165, 1.54) is 5.56 Å². The summed E-state index contributed by atoms with van der Waals surface area (Å²) < 4.78 is 10.8. The highest BCUT2D eigenvalue weighted by molar-refractivity contribution is 7.17. The summed E-state index contributed by atoms with van der Waals surface area (Å²) in [7, 11) is 0. The summed E-state index contributed by atoms with van der Waals surface area (Å²) in [6, 6.07) is 6.00. The van der Waals surface area contributed by atoms with Crippen LogP contribution in [0, 0.1) is 12.8 Å². The molecule has 0 aliphatic carbocycles. The van der Waals surface area contributed by atoms with Crippen molar-refractivity contribution in [3.05, 3.63) is 46.2 Å². The second kappa shape index (κ2) is 8.56. The molecule has 0 spiro atoms. The lowest BCUT2D eigenvalue weighted by atomic mass is 10.1. The third kappa shape index (κ3) is 4.59. The van der Waals surface area contributed by atoms with Crippen LogP contribution in [0.15, 0.2) is 28.9 Å². The number of hydrogen-bond acceptors (Lipinski definition) is 6. The van der Waals surface area contributed by atoms with Gasteiger partial charge in [-0.3, -0.25) is 4.79 Å². The van der Waals surface area contributed by atoms with Gasteiger partial charge >= 0.3 is 5.97 Å². The van der Waals surface area contributed by atoms with Gasteiger partial charge in [0.1, 0.15) is 10.5 Å². The Bertz CT molecular complexity index is 1000. The highest BCUT2D eigenvalue weighted by Gasteiger charge is 2.19. The molecule has 0 bridgehead atoms. The fraction of sp³-hybridized carbons (Fsp3) is 0.381. The summed E-state index contributed by atoms with van der Waals surface area (Å²) in [5.41, 5.74) is 3.33. The molecule has 2 aromatic heterocycles. The summed E-state index contributed by atoms with van der Waals surface area (Å²) in [6.07, 6.45) is 2.71. The number of furan rings is 1. The smallest absolute Gasteiger partial charge is 0.350 e. The fourth-order valence-corrected chi connectivity index (χ4v) is 3.65. The number of ether oxygens (including phenoxy) is 1. The average molecular weight is 401 g/mol. The van der Waals surface area contributed by atoms with E-state index in [9.17, 15) is 9.59 Å². The Morgan fingerprint density at radius 1 is 1.32 bits per heavy atom. The van der Waals surface area contributed by atoms with Crippen LogP contribution in [0.3, 0.4) is 0 Å². The van der Waals surface area contributed by atoms with Crippen LogP contribution in [-0.4, -0.2) is 23.5 Å². The average Bonchev–Trinajstić information content (AvgIpc) is 3.22. The molecule has 148 valence electrons. The Morgan fingerprint density at radius 2 is 2.11 bits per heavy atom. The first-order valence-electron chi connectivity index (χ1n) is 9.30. The number of anilines is 1. The molecule has 0 unspecified atom stereocenters. The molecule has 0 radical (unpaired) electrons. The van der Waals surface area contributed by atoms with Crippen LogP contribution < -0.4 is 5.32 Å². The molecule has 1 amide bonds. The Morgan fingerprint density at radius 3 is 2.82 bits per heavy atom. The maximum Gasteiger partial charge on any atom is 0.350 e. The van der Waals surface area contributed by atoms with Gasteiger partial charge in [0, 0.05) is 10.9 Å². The first-order valence-corrected chi connectivity index (χ1v) is 10.1. The maximum absolute atomic E-state index is 12.5. The number of nitrogens with one attached hydrogen (secondary N) is 1. The number of carbonyl (C=O) groups is 2. The van der Waals surface area contributed by atoms with E-state index in [-0.39, 0.29) is 18.2 Å². The van der Waals surface area contributed by atoms with Gasteiger partial charge in [-0.15, -0.1) is 0 Å². The van der Waals surface area contributed by atoms with Crippen LogP contribution in [0.25, 0.3) is 11.0 Å². The molecule has 0 atom stereocenters. The van der Waals surface area contributed by atoms with Crippen molar-refractivity contribution in [3.63, 3.8) is 0 Å². The Balaban J connectivity index is 1.69. The van der Waals surface area contributed by atoms with E-state index < -0.39 is 5.97 Å². The van der Waals surface area contributed by atoms with Gasteiger partial charge in [-0.25, -0.2) is 9.78 Å². The number of esters is 1. The second-order valence-corrected chi connectivity index (χ2v) is 8.09. The number of aryl methyl sites for hydroxylation is 2. The van der Waals surface area contributed by atoms with Crippen LogP contribution in [-0.2, 0) is 22.4 Å². The van der Waals surface area contributed by atoms with Crippen molar-refractivity contribution in [2.24, 2.45) is 5.92 Å². The Labute approximate surface area is 167 Å². The Kier molecular flexibility index (Phi) is 6.14. The normalized spacial score (nSPS) is 11.2. The van der Waals surface area contributed by atoms with E-state index in [2.05, 4.69) is 23.3 Å². The topological polar surface area (TPSA) is 81.4 Å². The Hall–Kier alpha value is -2.67. The summed E-state index contributed by atoms with van der Waals surface area (Å²) in [6.45, 7) is 8.12. The minimum Gasteiger partial charge on any atom is -0.464 e. The van der Waals surface area contributed by atoms with Gasteiger partial charge in [-0.05, 0) is 37.0 Å². The second-order valence-electron chi connectivity index (χ2n) is 7.10. The summed E-state index contributed by atoms with van der Waals surface area (Å²) in [5, 5.41) is 4.11. The minimum absolute atomic E-state index is 0.173. The lowest BCUT2D eigenvalue weighted by molar-refractivity contribution is -0.115. The summed E-state index contributed by atoms with van der Waals surface area (Å²) in [4.78, 5) is 29.3. The van der Waals surface area contributed by atoms with Gasteiger partial charge in [0.15, 0.2) is 5.13 Å². The number of aromatic nitrogens is 1. The minimum atomic E-state index is -0.405. The fourth-order valence-electron chi connectivity index (χ4n) is 2.77. The van der Waals surface area contributed by atoms with Gasteiger partial charge in [-0.1, -0.05) is 38.2 Å². The molecule has 28 heavy (non-hydrogen) atoms. The molecule has 0 aliphatic rings. The highest BCUT2D eigenvalue weighted by atomic mass is 32.1. The number of amides is 1.